The van der Waals surface area contributed by atoms with Gasteiger partial charge < -0.3 is 20.3 Å². The lowest BCUT2D eigenvalue weighted by Crippen LogP contribution is -2.23. The van der Waals surface area contributed by atoms with E-state index < -0.39 is 5.97 Å². The predicted octanol–water partition coefficient (Wildman–Crippen LogP) is 7.30. The van der Waals surface area contributed by atoms with Crippen LogP contribution in [-0.4, -0.2) is 71.2 Å². The predicted molar refractivity (Wildman–Crippen MR) is 205 cm³/mol. The molecule has 2 saturated heterocycles. The third kappa shape index (κ3) is 7.49. The first kappa shape index (κ1) is 34.7. The van der Waals surface area contributed by atoms with Crippen LogP contribution in [-0.2, 0) is 24.4 Å². The molecule has 3 N–H and O–H groups in total. The number of hydrogen-bond acceptors (Lipinski definition) is 7. The number of carbonyl (C=O) groups is 1. The van der Waals surface area contributed by atoms with E-state index in [9.17, 15) is 15.0 Å². The van der Waals surface area contributed by atoms with Crippen molar-refractivity contribution in [1.29, 1.82) is 0 Å². The first-order valence-electron chi connectivity index (χ1n) is 18.0. The van der Waals surface area contributed by atoms with Gasteiger partial charge in [-0.25, -0.2) is 0 Å². The summed E-state index contributed by atoms with van der Waals surface area (Å²) in [4.78, 5) is 20.9. The summed E-state index contributed by atoms with van der Waals surface area (Å²) in [6.45, 7) is 11.7. The number of ether oxygens (including phenoxy) is 1. The first-order valence-corrected chi connectivity index (χ1v) is 18.0. The van der Waals surface area contributed by atoms with Crippen molar-refractivity contribution in [3.8, 4) is 16.9 Å². The van der Waals surface area contributed by atoms with E-state index in [1.807, 2.05) is 0 Å². The topological polar surface area (TPSA) is 97.6 Å². The molecule has 8 nitrogen and oxygen atoms in total. The zero-order valence-electron chi connectivity index (χ0n) is 30.1. The van der Waals surface area contributed by atoms with Crippen LogP contribution in [0.4, 0.5) is 5.69 Å². The summed E-state index contributed by atoms with van der Waals surface area (Å²) < 4.78 is 5.80. The van der Waals surface area contributed by atoms with Gasteiger partial charge in [0, 0.05) is 49.5 Å². The van der Waals surface area contributed by atoms with Crippen LogP contribution in [0.1, 0.15) is 62.9 Å². The third-order valence-corrected chi connectivity index (χ3v) is 10.9. The molecule has 0 spiro atoms. The number of carboxylic acid groups (broad SMARTS) is 1. The van der Waals surface area contributed by atoms with Gasteiger partial charge in [0.05, 0.1) is 25.7 Å². The summed E-state index contributed by atoms with van der Waals surface area (Å²) in [5.74, 6) is 0.719. The molecule has 0 aliphatic carbocycles. The van der Waals surface area contributed by atoms with Gasteiger partial charge >= 0.3 is 5.97 Å². The number of nitrogens with zero attached hydrogens (tertiary/aromatic N) is 3. The van der Waals surface area contributed by atoms with Crippen molar-refractivity contribution >= 4 is 29.6 Å². The highest BCUT2D eigenvalue weighted by molar-refractivity contribution is 6.11. The molecule has 4 aromatic carbocycles. The van der Waals surface area contributed by atoms with Crippen molar-refractivity contribution < 1.29 is 19.7 Å². The number of aliphatic imine (C=N–C) groups is 1. The molecule has 3 heterocycles. The normalized spacial score (nSPS) is 19.1. The second-order valence-corrected chi connectivity index (χ2v) is 14.4. The fourth-order valence-electron chi connectivity index (χ4n) is 7.82. The van der Waals surface area contributed by atoms with Gasteiger partial charge in [0.15, 0.2) is 0 Å². The zero-order valence-corrected chi connectivity index (χ0v) is 30.1. The van der Waals surface area contributed by atoms with Crippen molar-refractivity contribution in [2.45, 2.75) is 59.4 Å². The maximum Gasteiger partial charge on any atom is 0.307 e. The molecule has 0 amide bonds. The van der Waals surface area contributed by atoms with Gasteiger partial charge in [0.2, 0.25) is 0 Å². The van der Waals surface area contributed by atoms with Gasteiger partial charge in [-0.2, -0.15) is 0 Å². The van der Waals surface area contributed by atoms with Crippen LogP contribution in [0.25, 0.3) is 23.3 Å². The van der Waals surface area contributed by atoms with Crippen LogP contribution >= 0.6 is 0 Å². The number of benzene rings is 4. The Morgan fingerprint density at radius 2 is 1.63 bits per heavy atom. The minimum absolute atomic E-state index is 0.219. The molecule has 4 aromatic rings. The average molecular weight is 685 g/mol. The molecule has 264 valence electrons. The highest BCUT2D eigenvalue weighted by atomic mass is 16.5. The van der Waals surface area contributed by atoms with Crippen LogP contribution in [0.3, 0.4) is 0 Å². The second-order valence-electron chi connectivity index (χ2n) is 14.4. The zero-order chi connectivity index (χ0) is 35.6. The molecular formula is C43H48N4O4. The number of aliphatic hydroxyl groups is 1. The minimum atomic E-state index is -0.712. The van der Waals surface area contributed by atoms with Gasteiger partial charge in [-0.1, -0.05) is 60.7 Å². The summed E-state index contributed by atoms with van der Waals surface area (Å²) in [5.41, 5.74) is 13.9. The molecule has 2 atom stereocenters. The van der Waals surface area contributed by atoms with Gasteiger partial charge in [-0.3, -0.25) is 19.6 Å². The number of amidine groups is 1. The van der Waals surface area contributed by atoms with Crippen molar-refractivity contribution in [1.82, 2.24) is 9.80 Å². The number of rotatable bonds is 10. The number of fused-ring (bicyclic) bond motifs is 1. The van der Waals surface area contributed by atoms with Gasteiger partial charge in [-0.15, -0.1) is 0 Å². The highest BCUT2D eigenvalue weighted by Gasteiger charge is 2.28. The quantitative estimate of drug-likeness (QED) is 0.151. The molecule has 0 radical (unpaired) electrons. The van der Waals surface area contributed by atoms with Crippen molar-refractivity contribution in [2.24, 2.45) is 10.9 Å². The van der Waals surface area contributed by atoms with Crippen LogP contribution in [0.2, 0.25) is 0 Å². The van der Waals surface area contributed by atoms with E-state index in [-0.39, 0.29) is 12.0 Å². The Hall–Kier alpha value is -4.76. The lowest BCUT2D eigenvalue weighted by Gasteiger charge is -2.19. The Balaban J connectivity index is 1.08. The maximum absolute atomic E-state index is 11.5. The van der Waals surface area contributed by atoms with E-state index in [0.717, 1.165) is 77.7 Å². The number of likely N-dealkylation sites (tertiary alicyclic amines) is 2. The molecule has 8 heteroatoms. The Bertz CT molecular complexity index is 2020. The van der Waals surface area contributed by atoms with Crippen molar-refractivity contribution in [2.75, 3.05) is 38.6 Å². The molecule has 2 fully saturated rings. The first-order chi connectivity index (χ1) is 24.7. The second kappa shape index (κ2) is 14.8. The molecule has 7 rings (SSSR count). The largest absolute Gasteiger partial charge is 0.496 e. The van der Waals surface area contributed by atoms with Crippen LogP contribution in [0, 0.1) is 26.7 Å². The van der Waals surface area contributed by atoms with Gasteiger partial charge in [0.1, 0.15) is 11.6 Å². The number of anilines is 1. The van der Waals surface area contributed by atoms with Gasteiger partial charge in [0.25, 0.3) is 0 Å². The summed E-state index contributed by atoms with van der Waals surface area (Å²) in [6, 6.07) is 23.8. The Kier molecular flexibility index (Phi) is 10.1. The number of aryl methyl sites for hydroxylation is 1. The molecule has 0 unspecified atom stereocenters. The number of β-amino-alcohol motifs (C(OH)–C–C–N with tert-alkyl or cyclic N) is 1. The summed E-state index contributed by atoms with van der Waals surface area (Å²) in [6.07, 6.45) is 5.65. The van der Waals surface area contributed by atoms with Crippen LogP contribution in [0.15, 0.2) is 71.7 Å². The van der Waals surface area contributed by atoms with E-state index in [4.69, 9.17) is 9.73 Å². The monoisotopic (exact) mass is 684 g/mol. The SMILES string of the molecule is COc1cc(/C=C/c2cccc(-c3cccc(NC4=NCc5ccc(CN6CC[C@@H](O)C6)cc54)c3C)c2C)c(C)cc1CN1CC[C@@H](C(=O)O)C1. The number of methoxy groups -OCH3 is 1. The number of hydrogen-bond donors (Lipinski definition) is 3. The fourth-order valence-corrected chi connectivity index (χ4v) is 7.82. The molecule has 51 heavy (non-hydrogen) atoms. The van der Waals surface area contributed by atoms with Crippen molar-refractivity contribution in [3.05, 3.63) is 117 Å². The number of aliphatic carboxylic acids is 1. The molecular weight excluding hydrogens is 636 g/mol. The summed E-state index contributed by atoms with van der Waals surface area (Å²) >= 11 is 0. The van der Waals surface area contributed by atoms with E-state index in [1.54, 1.807) is 7.11 Å². The average Bonchev–Trinajstić information content (AvgIpc) is 3.86. The van der Waals surface area contributed by atoms with Crippen LogP contribution in [0.5, 0.6) is 5.75 Å². The smallest absolute Gasteiger partial charge is 0.307 e. The summed E-state index contributed by atoms with van der Waals surface area (Å²) in [7, 11) is 1.70. The van der Waals surface area contributed by atoms with Crippen molar-refractivity contribution in [3.63, 3.8) is 0 Å². The standard InChI is InChI=1S/C43H48N4O4/c1-27-19-35(25-47-17-15-34(24-47)43(49)50)41(51-4)21-32(27)14-13-31-7-5-8-37(28(31)2)38-9-6-10-40(29(38)3)45-42-39-20-30(11-12-33(39)22-44-42)23-46-18-16-36(48)26-46/h5-14,19-21,34,36,48H,15-18,22-26H2,1-4H3,(H,44,45)(H,49,50)/b14-13+/t34-,36-/m1/s1. The molecule has 0 aromatic heterocycles. The maximum atomic E-state index is 11.5. The number of aliphatic hydroxyl groups excluding tert-OH is 1. The Morgan fingerprint density at radius 1 is 0.882 bits per heavy atom. The fraction of sp³-hybridized carbons (Fsp3) is 0.349. The Labute approximate surface area is 301 Å². The van der Waals surface area contributed by atoms with E-state index in [2.05, 4.69) is 115 Å². The Morgan fingerprint density at radius 3 is 2.37 bits per heavy atom. The van der Waals surface area contributed by atoms with Gasteiger partial charge in [-0.05, 0) is 108 Å². The van der Waals surface area contributed by atoms with E-state index >= 15 is 0 Å². The molecule has 0 saturated carbocycles. The lowest BCUT2D eigenvalue weighted by molar-refractivity contribution is -0.141. The molecule has 3 aliphatic heterocycles. The third-order valence-electron chi connectivity index (χ3n) is 10.9. The number of nitrogens with one attached hydrogen (secondary N) is 1. The lowest BCUT2D eigenvalue weighted by atomic mass is 9.92. The van der Waals surface area contributed by atoms with E-state index in [0.29, 0.717) is 26.1 Å². The minimum Gasteiger partial charge on any atom is -0.496 e. The summed E-state index contributed by atoms with van der Waals surface area (Å²) in [5, 5.41) is 23.1. The molecule has 3 aliphatic rings. The van der Waals surface area contributed by atoms with E-state index in [1.165, 1.54) is 33.4 Å². The highest BCUT2D eigenvalue weighted by Crippen LogP contribution is 2.34. The number of carboxylic acids is 1. The molecule has 0 bridgehead atoms. The van der Waals surface area contributed by atoms with Crippen LogP contribution < -0.4 is 10.1 Å².